The summed E-state index contributed by atoms with van der Waals surface area (Å²) in [5.74, 6) is -1.90. The number of aliphatic hydroxyl groups is 1. The fraction of sp³-hybridized carbons (Fsp3) is 0.222. The van der Waals surface area contributed by atoms with Crippen LogP contribution in [0.5, 0.6) is 0 Å². The molecule has 0 aliphatic carbocycles. The summed E-state index contributed by atoms with van der Waals surface area (Å²) in [5.41, 5.74) is 5.45. The fourth-order valence-corrected chi connectivity index (χ4v) is 1.14. The Labute approximate surface area is 79.8 Å². The van der Waals surface area contributed by atoms with E-state index in [0.717, 1.165) is 12.1 Å². The smallest absolute Gasteiger partial charge is 0.336 e. The highest BCUT2D eigenvalue weighted by molar-refractivity contribution is 5.89. The Morgan fingerprint density at radius 2 is 2.21 bits per heavy atom. The van der Waals surface area contributed by atoms with E-state index in [1.807, 2.05) is 0 Å². The lowest BCUT2D eigenvalue weighted by Crippen LogP contribution is -2.18. The third-order valence-electron chi connectivity index (χ3n) is 1.84. The molecular formula is C9H10FNO3. The highest BCUT2D eigenvalue weighted by atomic mass is 19.1. The van der Waals surface area contributed by atoms with Gasteiger partial charge in [-0.1, -0.05) is 6.07 Å². The Balaban J connectivity index is 3.21. The Kier molecular flexibility index (Phi) is 3.16. The number of rotatable bonds is 3. The predicted molar refractivity (Wildman–Crippen MR) is 47.4 cm³/mol. The lowest BCUT2D eigenvalue weighted by atomic mass is 10.0. The van der Waals surface area contributed by atoms with E-state index in [-0.39, 0.29) is 17.7 Å². The van der Waals surface area contributed by atoms with Crippen molar-refractivity contribution >= 4 is 5.97 Å². The molecule has 0 saturated heterocycles. The van der Waals surface area contributed by atoms with Crippen molar-refractivity contribution in [1.82, 2.24) is 0 Å². The van der Waals surface area contributed by atoms with Gasteiger partial charge in [0.1, 0.15) is 5.82 Å². The zero-order valence-corrected chi connectivity index (χ0v) is 7.27. The number of carboxylic acids is 1. The Morgan fingerprint density at radius 1 is 1.57 bits per heavy atom. The minimum Gasteiger partial charge on any atom is -0.478 e. The summed E-state index contributed by atoms with van der Waals surface area (Å²) in [6, 6.07) is 2.45. The molecule has 0 amide bonds. The van der Waals surface area contributed by atoms with E-state index < -0.39 is 17.8 Å². The first-order valence-corrected chi connectivity index (χ1v) is 3.95. The van der Waals surface area contributed by atoms with Crippen LogP contribution in [0.3, 0.4) is 0 Å². The van der Waals surface area contributed by atoms with Crippen molar-refractivity contribution in [3.63, 3.8) is 0 Å². The van der Waals surface area contributed by atoms with Crippen LogP contribution in [0.15, 0.2) is 18.2 Å². The number of carboxylic acid groups (broad SMARTS) is 1. The fourth-order valence-electron chi connectivity index (χ4n) is 1.14. The molecule has 0 spiro atoms. The molecule has 5 heteroatoms. The quantitative estimate of drug-likeness (QED) is 0.662. The van der Waals surface area contributed by atoms with E-state index >= 15 is 0 Å². The lowest BCUT2D eigenvalue weighted by Gasteiger charge is -2.11. The number of nitrogens with two attached hydrogens (primary N) is 1. The van der Waals surface area contributed by atoms with Crippen molar-refractivity contribution in [2.24, 2.45) is 5.73 Å². The molecule has 0 bridgehead atoms. The third-order valence-corrected chi connectivity index (χ3v) is 1.84. The van der Waals surface area contributed by atoms with E-state index in [4.69, 9.17) is 15.9 Å². The molecule has 14 heavy (non-hydrogen) atoms. The first kappa shape index (κ1) is 10.6. The van der Waals surface area contributed by atoms with Gasteiger partial charge in [-0.25, -0.2) is 9.18 Å². The molecule has 76 valence electrons. The third kappa shape index (κ3) is 2.07. The molecule has 0 heterocycles. The zero-order chi connectivity index (χ0) is 10.7. The highest BCUT2D eigenvalue weighted by Gasteiger charge is 2.15. The van der Waals surface area contributed by atoms with Gasteiger partial charge in [0.15, 0.2) is 0 Å². The standard InChI is InChI=1S/C9H10FNO3/c10-5-1-2-6(8(11)4-12)7(3-5)9(13)14/h1-3,8,12H,4,11H2,(H,13,14)/t8-/m1/s1. The topological polar surface area (TPSA) is 83.5 Å². The van der Waals surface area contributed by atoms with Crippen LogP contribution >= 0.6 is 0 Å². The highest BCUT2D eigenvalue weighted by Crippen LogP contribution is 2.17. The van der Waals surface area contributed by atoms with Crippen LogP contribution < -0.4 is 5.73 Å². The van der Waals surface area contributed by atoms with E-state index in [1.165, 1.54) is 6.07 Å². The van der Waals surface area contributed by atoms with E-state index in [0.29, 0.717) is 0 Å². The zero-order valence-electron chi connectivity index (χ0n) is 7.27. The minimum atomic E-state index is -1.26. The summed E-state index contributed by atoms with van der Waals surface area (Å²) in [6.07, 6.45) is 0. The molecule has 4 N–H and O–H groups in total. The van der Waals surface area contributed by atoms with Gasteiger partial charge in [0.25, 0.3) is 0 Å². The van der Waals surface area contributed by atoms with Gasteiger partial charge in [-0.05, 0) is 17.7 Å². The van der Waals surface area contributed by atoms with E-state index in [1.54, 1.807) is 0 Å². The first-order chi connectivity index (χ1) is 6.56. The van der Waals surface area contributed by atoms with Crippen molar-refractivity contribution in [2.75, 3.05) is 6.61 Å². The van der Waals surface area contributed by atoms with Gasteiger partial charge in [0.05, 0.1) is 18.2 Å². The van der Waals surface area contributed by atoms with Crippen LogP contribution in [-0.4, -0.2) is 22.8 Å². The second-order valence-electron chi connectivity index (χ2n) is 2.83. The van der Waals surface area contributed by atoms with Crippen molar-refractivity contribution < 1.29 is 19.4 Å². The number of benzene rings is 1. The average molecular weight is 199 g/mol. The van der Waals surface area contributed by atoms with Crippen LogP contribution in [0.4, 0.5) is 4.39 Å². The Bertz CT molecular complexity index is 354. The minimum absolute atomic E-state index is 0.216. The number of halogens is 1. The summed E-state index contributed by atoms with van der Waals surface area (Å²) in [6.45, 7) is -0.383. The molecule has 0 aliphatic heterocycles. The Hall–Kier alpha value is -1.46. The first-order valence-electron chi connectivity index (χ1n) is 3.95. The number of aromatic carboxylic acids is 1. The van der Waals surface area contributed by atoms with Crippen LogP contribution in [0.1, 0.15) is 22.0 Å². The monoisotopic (exact) mass is 199 g/mol. The molecule has 1 aromatic carbocycles. The molecule has 0 aromatic heterocycles. The maximum Gasteiger partial charge on any atom is 0.336 e. The molecule has 0 fully saturated rings. The van der Waals surface area contributed by atoms with Gasteiger partial charge in [0.2, 0.25) is 0 Å². The van der Waals surface area contributed by atoms with Gasteiger partial charge in [0, 0.05) is 0 Å². The van der Waals surface area contributed by atoms with Crippen molar-refractivity contribution in [1.29, 1.82) is 0 Å². The van der Waals surface area contributed by atoms with Crippen molar-refractivity contribution in [3.8, 4) is 0 Å². The summed E-state index contributed by atoms with van der Waals surface area (Å²) >= 11 is 0. The molecule has 0 saturated carbocycles. The predicted octanol–water partition coefficient (Wildman–Crippen LogP) is 0.516. The molecule has 0 unspecified atom stereocenters. The maximum absolute atomic E-state index is 12.7. The number of hydrogen-bond donors (Lipinski definition) is 3. The molecule has 4 nitrogen and oxygen atoms in total. The molecule has 1 rings (SSSR count). The maximum atomic E-state index is 12.7. The second kappa shape index (κ2) is 4.17. The molecule has 0 aliphatic rings. The summed E-state index contributed by atoms with van der Waals surface area (Å²) < 4.78 is 12.7. The van der Waals surface area contributed by atoms with Crippen LogP contribution in [0.2, 0.25) is 0 Å². The van der Waals surface area contributed by atoms with Gasteiger partial charge in [-0.2, -0.15) is 0 Å². The molecule has 1 aromatic rings. The van der Waals surface area contributed by atoms with Crippen molar-refractivity contribution in [2.45, 2.75) is 6.04 Å². The SMILES string of the molecule is N[C@H](CO)c1ccc(F)cc1C(=O)O. The normalized spacial score (nSPS) is 12.5. The molecule has 1 atom stereocenters. The average Bonchev–Trinajstić information content (AvgIpc) is 2.16. The van der Waals surface area contributed by atoms with Crippen LogP contribution in [0.25, 0.3) is 0 Å². The summed E-state index contributed by atoms with van der Waals surface area (Å²) in [7, 11) is 0. The van der Waals surface area contributed by atoms with Crippen LogP contribution in [0, 0.1) is 5.82 Å². The van der Waals surface area contributed by atoms with Gasteiger partial charge in [-0.3, -0.25) is 0 Å². The van der Waals surface area contributed by atoms with Crippen molar-refractivity contribution in [3.05, 3.63) is 35.1 Å². The van der Waals surface area contributed by atoms with Gasteiger partial charge < -0.3 is 15.9 Å². The number of carbonyl (C=O) groups is 1. The summed E-state index contributed by atoms with van der Waals surface area (Å²) in [5, 5.41) is 17.5. The lowest BCUT2D eigenvalue weighted by molar-refractivity contribution is 0.0694. The van der Waals surface area contributed by atoms with E-state index in [2.05, 4.69) is 0 Å². The molecule has 0 radical (unpaired) electrons. The number of hydrogen-bond acceptors (Lipinski definition) is 3. The largest absolute Gasteiger partial charge is 0.478 e. The van der Waals surface area contributed by atoms with E-state index in [9.17, 15) is 9.18 Å². The second-order valence-corrected chi connectivity index (χ2v) is 2.83. The van der Waals surface area contributed by atoms with Gasteiger partial charge in [-0.15, -0.1) is 0 Å². The molecular weight excluding hydrogens is 189 g/mol. The van der Waals surface area contributed by atoms with Gasteiger partial charge >= 0.3 is 5.97 Å². The Morgan fingerprint density at radius 3 is 2.71 bits per heavy atom. The summed E-state index contributed by atoms with van der Waals surface area (Å²) in [4.78, 5) is 10.7. The number of aliphatic hydroxyl groups excluding tert-OH is 1. The van der Waals surface area contributed by atoms with Crippen LogP contribution in [-0.2, 0) is 0 Å².